The lowest BCUT2D eigenvalue weighted by Gasteiger charge is -2.06. The first-order valence-electron chi connectivity index (χ1n) is 7.88. The zero-order valence-electron chi connectivity index (χ0n) is 13.7. The molecule has 0 amide bonds. The maximum Gasteiger partial charge on any atom is 0.458 e. The summed E-state index contributed by atoms with van der Waals surface area (Å²) in [4.78, 5) is 0. The maximum absolute atomic E-state index is 13.8. The fraction of sp³-hybridized carbons (Fsp3) is 0.300. The Morgan fingerprint density at radius 3 is 1.88 bits per heavy atom. The van der Waals surface area contributed by atoms with Gasteiger partial charge in [0.05, 0.1) is 5.56 Å². The van der Waals surface area contributed by atoms with Crippen LogP contribution in [-0.2, 0) is 12.8 Å². The van der Waals surface area contributed by atoms with E-state index in [1.165, 1.54) is 17.0 Å². The van der Waals surface area contributed by atoms with Crippen LogP contribution in [0.5, 0.6) is 0 Å². The molecule has 0 nitrogen and oxygen atoms in total. The molecule has 0 unspecified atom stereocenters. The van der Waals surface area contributed by atoms with Gasteiger partial charge >= 0.3 is 6.18 Å². The van der Waals surface area contributed by atoms with Crippen LogP contribution in [0.2, 0.25) is 0 Å². The van der Waals surface area contributed by atoms with E-state index >= 15 is 0 Å². The molecule has 0 aliphatic carbocycles. The van der Waals surface area contributed by atoms with Gasteiger partial charge in [-0.15, -0.1) is 0 Å². The number of hydrogen-bond donors (Lipinski definition) is 0. The summed E-state index contributed by atoms with van der Waals surface area (Å²) in [6.45, 7) is 2.01. The Balaban J connectivity index is 1.94. The summed E-state index contributed by atoms with van der Waals surface area (Å²) < 4.78 is 63.7. The molecule has 0 atom stereocenters. The van der Waals surface area contributed by atoms with Gasteiger partial charge in [0.25, 0.3) is 0 Å². The van der Waals surface area contributed by atoms with Crippen LogP contribution in [-0.4, -0.2) is 6.18 Å². The lowest BCUT2D eigenvalue weighted by Crippen LogP contribution is -2.03. The van der Waals surface area contributed by atoms with Gasteiger partial charge in [0.2, 0.25) is 0 Å². The van der Waals surface area contributed by atoms with Gasteiger partial charge in [0, 0.05) is 5.92 Å². The van der Waals surface area contributed by atoms with E-state index in [4.69, 9.17) is 0 Å². The molecule has 0 saturated heterocycles. The molecule has 2 rings (SSSR count). The van der Waals surface area contributed by atoms with E-state index in [1.54, 1.807) is 0 Å². The third-order valence-corrected chi connectivity index (χ3v) is 3.73. The van der Waals surface area contributed by atoms with Crippen molar-refractivity contribution >= 4 is 0 Å². The molecule has 0 N–H and O–H groups in total. The average Bonchev–Trinajstić information content (AvgIpc) is 2.51. The maximum atomic E-state index is 13.8. The Labute approximate surface area is 143 Å². The molecule has 0 radical (unpaired) electrons. The highest BCUT2D eigenvalue weighted by Gasteiger charge is 2.23. The zero-order chi connectivity index (χ0) is 18.4. The molecule has 25 heavy (non-hydrogen) atoms. The van der Waals surface area contributed by atoms with E-state index in [9.17, 15) is 22.0 Å². The normalized spacial score (nSPS) is 11.1. The lowest BCUT2D eigenvalue weighted by molar-refractivity contribution is -0.0696. The summed E-state index contributed by atoms with van der Waals surface area (Å²) in [5.41, 5.74) is 1.95. The lowest BCUT2D eigenvalue weighted by atomic mass is 10.0. The van der Waals surface area contributed by atoms with Crippen LogP contribution in [0.25, 0.3) is 0 Å². The van der Waals surface area contributed by atoms with Crippen molar-refractivity contribution in [2.24, 2.45) is 0 Å². The van der Waals surface area contributed by atoms with Crippen LogP contribution in [0.1, 0.15) is 35.1 Å². The molecule has 0 aliphatic heterocycles. The van der Waals surface area contributed by atoms with Gasteiger partial charge in [-0.25, -0.2) is 8.78 Å². The summed E-state index contributed by atoms with van der Waals surface area (Å²) in [6, 6.07) is 10.2. The molecule has 2 aromatic rings. The van der Waals surface area contributed by atoms with Crippen molar-refractivity contribution in [2.75, 3.05) is 0 Å². The molecule has 0 saturated carbocycles. The molecule has 0 aromatic heterocycles. The first-order chi connectivity index (χ1) is 11.7. The number of unbranched alkanes of at least 4 members (excludes halogenated alkanes) is 1. The minimum atomic E-state index is -4.78. The second-order valence-corrected chi connectivity index (χ2v) is 5.87. The van der Waals surface area contributed by atoms with Gasteiger partial charge in [-0.05, 0) is 55.9 Å². The summed E-state index contributed by atoms with van der Waals surface area (Å²) in [5, 5.41) is 0. The Hall–Kier alpha value is -2.35. The fourth-order valence-electron chi connectivity index (χ4n) is 2.44. The van der Waals surface area contributed by atoms with Crippen LogP contribution >= 0.6 is 0 Å². The summed E-state index contributed by atoms with van der Waals surface area (Å²) in [6.07, 6.45) is -1.90. The van der Waals surface area contributed by atoms with Crippen molar-refractivity contribution in [2.45, 2.75) is 38.8 Å². The molecule has 5 heteroatoms. The van der Waals surface area contributed by atoms with Crippen molar-refractivity contribution in [1.29, 1.82) is 0 Å². The Bertz CT molecular complexity index is 753. The van der Waals surface area contributed by atoms with Crippen LogP contribution in [0, 0.1) is 30.4 Å². The molecular formula is C20H17F5. The van der Waals surface area contributed by atoms with Crippen LogP contribution in [0.4, 0.5) is 22.0 Å². The van der Waals surface area contributed by atoms with E-state index in [-0.39, 0.29) is 0 Å². The molecule has 0 spiro atoms. The largest absolute Gasteiger partial charge is 0.458 e. The summed E-state index contributed by atoms with van der Waals surface area (Å²) in [5.74, 6) is 0.271. The van der Waals surface area contributed by atoms with Gasteiger partial charge in [-0.3, -0.25) is 0 Å². The smallest absolute Gasteiger partial charge is 0.206 e. The Morgan fingerprint density at radius 1 is 0.840 bits per heavy atom. The summed E-state index contributed by atoms with van der Waals surface area (Å²) >= 11 is 0. The molecule has 0 fully saturated rings. The number of benzene rings is 2. The fourth-order valence-corrected chi connectivity index (χ4v) is 2.44. The second-order valence-electron chi connectivity index (χ2n) is 5.87. The second kappa shape index (κ2) is 8.15. The molecule has 0 heterocycles. The first kappa shape index (κ1) is 19.0. The van der Waals surface area contributed by atoms with Crippen molar-refractivity contribution in [3.8, 4) is 11.8 Å². The van der Waals surface area contributed by atoms with Crippen LogP contribution < -0.4 is 0 Å². The molecule has 132 valence electrons. The van der Waals surface area contributed by atoms with E-state index in [2.05, 4.69) is 0 Å². The highest BCUT2D eigenvalue weighted by atomic mass is 19.4. The highest BCUT2D eigenvalue weighted by Crippen LogP contribution is 2.19. The monoisotopic (exact) mass is 352 g/mol. The molecule has 0 aliphatic rings. The van der Waals surface area contributed by atoms with Gasteiger partial charge in [0.15, 0.2) is 0 Å². The molecule has 2 aromatic carbocycles. The van der Waals surface area contributed by atoms with E-state index in [0.717, 1.165) is 37.3 Å². The minimum absolute atomic E-state index is 0.413. The van der Waals surface area contributed by atoms with Gasteiger partial charge < -0.3 is 0 Å². The highest BCUT2D eigenvalue weighted by molar-refractivity contribution is 5.40. The van der Waals surface area contributed by atoms with Crippen LogP contribution in [0.15, 0.2) is 36.4 Å². The first-order valence-corrected chi connectivity index (χ1v) is 7.88. The predicted molar refractivity (Wildman–Crippen MR) is 87.1 cm³/mol. The summed E-state index contributed by atoms with van der Waals surface area (Å²) in [7, 11) is 0. The van der Waals surface area contributed by atoms with Crippen molar-refractivity contribution in [3.05, 3.63) is 70.3 Å². The van der Waals surface area contributed by atoms with E-state index < -0.39 is 23.4 Å². The Kier molecular flexibility index (Phi) is 6.19. The quantitative estimate of drug-likeness (QED) is 0.365. The van der Waals surface area contributed by atoms with E-state index in [1.807, 2.05) is 31.2 Å². The third kappa shape index (κ3) is 6.22. The number of hydrogen-bond acceptors (Lipinski definition) is 0. The van der Waals surface area contributed by atoms with Gasteiger partial charge in [-0.1, -0.05) is 35.7 Å². The average molecular weight is 352 g/mol. The molecular weight excluding hydrogens is 335 g/mol. The zero-order valence-corrected chi connectivity index (χ0v) is 13.7. The third-order valence-electron chi connectivity index (χ3n) is 3.73. The number of rotatable bonds is 5. The van der Waals surface area contributed by atoms with E-state index in [0.29, 0.717) is 12.0 Å². The standard InChI is InChI=1S/C20H17F5/c1-14-6-8-15(9-7-14)4-2-3-5-16-12-18(21)17(19(22)13-16)10-11-20(23,24)25/h6-9,12-13H,2-5H2,1H3. The number of halogens is 5. The number of aryl methyl sites for hydroxylation is 3. The SMILES string of the molecule is Cc1ccc(CCCCc2cc(F)c(C#CC(F)(F)F)c(F)c2)cc1. The van der Waals surface area contributed by atoms with Gasteiger partial charge in [0.1, 0.15) is 11.6 Å². The Morgan fingerprint density at radius 2 is 1.36 bits per heavy atom. The topological polar surface area (TPSA) is 0 Å². The van der Waals surface area contributed by atoms with Gasteiger partial charge in [-0.2, -0.15) is 13.2 Å². The minimum Gasteiger partial charge on any atom is -0.206 e. The van der Waals surface area contributed by atoms with Crippen molar-refractivity contribution < 1.29 is 22.0 Å². The van der Waals surface area contributed by atoms with Crippen molar-refractivity contribution in [3.63, 3.8) is 0 Å². The molecule has 0 bridgehead atoms. The van der Waals surface area contributed by atoms with Crippen LogP contribution in [0.3, 0.4) is 0 Å². The predicted octanol–water partition coefficient (Wildman–Crippen LogP) is 5.75. The number of alkyl halides is 3. The van der Waals surface area contributed by atoms with Crippen molar-refractivity contribution in [1.82, 2.24) is 0 Å².